The van der Waals surface area contributed by atoms with Gasteiger partial charge in [0.15, 0.2) is 6.29 Å². The van der Waals surface area contributed by atoms with Gasteiger partial charge in [-0.05, 0) is 51.9 Å². The summed E-state index contributed by atoms with van der Waals surface area (Å²) in [6.07, 6.45) is 41.1. The van der Waals surface area contributed by atoms with Crippen LogP contribution in [0.5, 0.6) is 0 Å². The number of unbranched alkanes of at least 4 members (excludes halogenated alkanes) is 27. The minimum Gasteiger partial charge on any atom is -0.466 e. The topological polar surface area (TPSA) is 175 Å². The Labute approximate surface area is 390 Å². The molecule has 0 aliphatic carbocycles. The Hall–Kier alpha value is -2.12. The fraction of sp³-hybridized carbons (Fsp3) is 0.849. The van der Waals surface area contributed by atoms with Gasteiger partial charge in [0.2, 0.25) is 5.91 Å². The summed E-state index contributed by atoms with van der Waals surface area (Å²) in [7, 11) is 0. The Morgan fingerprint density at radius 3 is 1.55 bits per heavy atom. The maximum Gasteiger partial charge on any atom is 0.305 e. The van der Waals surface area contributed by atoms with E-state index in [0.29, 0.717) is 19.4 Å². The van der Waals surface area contributed by atoms with Crippen molar-refractivity contribution in [2.75, 3.05) is 19.8 Å². The normalized spacial score (nSPS) is 20.1. The zero-order valence-corrected chi connectivity index (χ0v) is 40.7. The second kappa shape index (κ2) is 43.5. The number of allylic oxidation sites excluding steroid dienone is 5. The molecule has 1 heterocycles. The third kappa shape index (κ3) is 33.4. The van der Waals surface area contributed by atoms with Crippen molar-refractivity contribution < 1.29 is 49.3 Å². The lowest BCUT2D eigenvalue weighted by Crippen LogP contribution is -2.60. The molecule has 0 aromatic carbocycles. The van der Waals surface area contributed by atoms with Gasteiger partial charge in [-0.2, -0.15) is 0 Å². The highest BCUT2D eigenvalue weighted by Gasteiger charge is 2.44. The lowest BCUT2D eigenvalue weighted by Gasteiger charge is -2.40. The summed E-state index contributed by atoms with van der Waals surface area (Å²) < 4.78 is 16.6. The van der Waals surface area contributed by atoms with E-state index in [1.807, 2.05) is 19.1 Å². The van der Waals surface area contributed by atoms with Gasteiger partial charge < -0.3 is 45.1 Å². The van der Waals surface area contributed by atoms with Gasteiger partial charge in [-0.3, -0.25) is 9.59 Å². The van der Waals surface area contributed by atoms with Crippen LogP contribution in [0.1, 0.15) is 226 Å². The molecule has 0 spiro atoms. The standard InChI is InChI=1S/C53H97NO10/c1-3-5-7-9-11-13-20-25-29-33-37-41-49(58)62-42-38-34-30-26-22-19-17-15-14-16-18-21-24-28-32-36-40-48(57)54-45(46(56)39-35-31-27-23-12-10-8-6-4-2)44-63-53-52(61)51(60)50(59)47(43-55)64-53/h4,6,12,23,35,39,45-47,50-53,55-56,59-61H,3,5,7-11,13-22,24-34,36-38,40-44H2,1-2H3,(H,54,57)/b6-4+,23-12+,39-35+. The molecule has 0 radical (unpaired) electrons. The number of carbonyl (C=O) groups excluding carboxylic acids is 2. The Kier molecular flexibility index (Phi) is 40.7. The summed E-state index contributed by atoms with van der Waals surface area (Å²) >= 11 is 0. The molecule has 0 bridgehead atoms. The maximum atomic E-state index is 12.9. The molecule has 1 fully saturated rings. The molecule has 6 N–H and O–H groups in total. The zero-order chi connectivity index (χ0) is 46.7. The Morgan fingerprint density at radius 1 is 0.594 bits per heavy atom. The predicted octanol–water partition coefficient (Wildman–Crippen LogP) is 10.8. The molecule has 1 aliphatic rings. The summed E-state index contributed by atoms with van der Waals surface area (Å²) in [5.41, 5.74) is 0. The highest BCUT2D eigenvalue weighted by Crippen LogP contribution is 2.23. The van der Waals surface area contributed by atoms with Crippen molar-refractivity contribution in [3.05, 3.63) is 36.5 Å². The van der Waals surface area contributed by atoms with Crippen LogP contribution < -0.4 is 5.32 Å². The molecule has 1 rings (SSSR count). The van der Waals surface area contributed by atoms with E-state index in [1.165, 1.54) is 122 Å². The zero-order valence-electron chi connectivity index (χ0n) is 40.7. The molecular formula is C53H97NO10. The second-order valence-electron chi connectivity index (χ2n) is 18.2. The first-order valence-corrected chi connectivity index (χ1v) is 26.2. The van der Waals surface area contributed by atoms with Gasteiger partial charge in [0.05, 0.1) is 32.0 Å². The summed E-state index contributed by atoms with van der Waals surface area (Å²) in [5.74, 6) is -0.224. The summed E-state index contributed by atoms with van der Waals surface area (Å²) in [6, 6.07) is -0.838. The van der Waals surface area contributed by atoms with Gasteiger partial charge in [-0.25, -0.2) is 0 Å². The van der Waals surface area contributed by atoms with Gasteiger partial charge in [0, 0.05) is 12.8 Å². The van der Waals surface area contributed by atoms with E-state index < -0.39 is 49.5 Å². The number of hydrogen-bond acceptors (Lipinski definition) is 10. The van der Waals surface area contributed by atoms with Crippen molar-refractivity contribution in [2.24, 2.45) is 0 Å². The first-order valence-electron chi connectivity index (χ1n) is 26.2. The van der Waals surface area contributed by atoms with Gasteiger partial charge in [-0.15, -0.1) is 0 Å². The third-order valence-electron chi connectivity index (χ3n) is 12.3. The Morgan fingerprint density at radius 2 is 1.05 bits per heavy atom. The van der Waals surface area contributed by atoms with Crippen LogP contribution in [0.25, 0.3) is 0 Å². The quantitative estimate of drug-likeness (QED) is 0.0196. The minimum atomic E-state index is -1.58. The van der Waals surface area contributed by atoms with Gasteiger partial charge in [-0.1, -0.05) is 197 Å². The van der Waals surface area contributed by atoms with Crippen molar-refractivity contribution in [3.8, 4) is 0 Å². The van der Waals surface area contributed by atoms with E-state index in [2.05, 4.69) is 30.5 Å². The van der Waals surface area contributed by atoms with Crippen LogP contribution >= 0.6 is 0 Å². The summed E-state index contributed by atoms with van der Waals surface area (Å²) in [4.78, 5) is 25.0. The van der Waals surface area contributed by atoms with Crippen LogP contribution in [0.3, 0.4) is 0 Å². The molecule has 1 aliphatic heterocycles. The largest absolute Gasteiger partial charge is 0.466 e. The van der Waals surface area contributed by atoms with E-state index >= 15 is 0 Å². The van der Waals surface area contributed by atoms with Gasteiger partial charge in [0.25, 0.3) is 0 Å². The van der Waals surface area contributed by atoms with Crippen molar-refractivity contribution in [1.29, 1.82) is 0 Å². The van der Waals surface area contributed by atoms with Crippen LogP contribution in [0.4, 0.5) is 0 Å². The maximum absolute atomic E-state index is 12.9. The fourth-order valence-electron chi connectivity index (χ4n) is 8.12. The van der Waals surface area contributed by atoms with Crippen LogP contribution in [-0.4, -0.2) is 100 Å². The predicted molar refractivity (Wildman–Crippen MR) is 260 cm³/mol. The molecule has 64 heavy (non-hydrogen) atoms. The summed E-state index contributed by atoms with van der Waals surface area (Å²) in [6.45, 7) is 4.05. The molecule has 0 aromatic heterocycles. The SMILES string of the molecule is C/C=C/CC/C=C/CC/C=C/C(O)C(COC1OC(CO)C(O)C(O)C1O)NC(=O)CCCCCCCCCCCCCCCCCCOC(=O)CCCCCCCCCCCCC. The molecule has 1 amide bonds. The lowest BCUT2D eigenvalue weighted by molar-refractivity contribution is -0.302. The first-order chi connectivity index (χ1) is 31.2. The molecule has 374 valence electrons. The number of rotatable bonds is 44. The Bertz CT molecular complexity index is 1160. The first kappa shape index (κ1) is 59.9. The molecule has 11 nitrogen and oxygen atoms in total. The molecule has 7 atom stereocenters. The van der Waals surface area contributed by atoms with E-state index in [0.717, 1.165) is 77.0 Å². The van der Waals surface area contributed by atoms with Crippen LogP contribution in [0, 0.1) is 0 Å². The van der Waals surface area contributed by atoms with Gasteiger partial charge in [0.1, 0.15) is 24.4 Å². The molecular weight excluding hydrogens is 811 g/mol. The highest BCUT2D eigenvalue weighted by atomic mass is 16.7. The van der Waals surface area contributed by atoms with Crippen molar-refractivity contribution in [3.63, 3.8) is 0 Å². The second-order valence-corrected chi connectivity index (χ2v) is 18.2. The molecule has 1 saturated heterocycles. The average Bonchev–Trinajstić information content (AvgIpc) is 3.29. The van der Waals surface area contributed by atoms with E-state index in [-0.39, 0.29) is 18.5 Å². The van der Waals surface area contributed by atoms with Crippen LogP contribution in [0.2, 0.25) is 0 Å². The number of esters is 1. The molecule has 7 unspecified atom stereocenters. The number of ether oxygens (including phenoxy) is 3. The smallest absolute Gasteiger partial charge is 0.305 e. The summed E-state index contributed by atoms with van der Waals surface area (Å²) in [5, 5.41) is 54.0. The average molecular weight is 908 g/mol. The molecule has 11 heteroatoms. The number of nitrogens with one attached hydrogen (secondary N) is 1. The van der Waals surface area contributed by atoms with E-state index in [4.69, 9.17) is 14.2 Å². The van der Waals surface area contributed by atoms with Crippen molar-refractivity contribution >= 4 is 11.9 Å². The number of carbonyl (C=O) groups is 2. The van der Waals surface area contributed by atoms with Gasteiger partial charge >= 0.3 is 5.97 Å². The van der Waals surface area contributed by atoms with Crippen molar-refractivity contribution in [1.82, 2.24) is 5.32 Å². The van der Waals surface area contributed by atoms with E-state index in [1.54, 1.807) is 6.08 Å². The van der Waals surface area contributed by atoms with Crippen LogP contribution in [0.15, 0.2) is 36.5 Å². The van der Waals surface area contributed by atoms with Crippen LogP contribution in [-0.2, 0) is 23.8 Å². The number of hydrogen-bond donors (Lipinski definition) is 6. The lowest BCUT2D eigenvalue weighted by atomic mass is 9.99. The fourth-order valence-corrected chi connectivity index (χ4v) is 8.12. The molecule has 0 aromatic rings. The minimum absolute atomic E-state index is 0.0173. The highest BCUT2D eigenvalue weighted by molar-refractivity contribution is 5.76. The number of aliphatic hydroxyl groups excluding tert-OH is 5. The number of amides is 1. The number of aliphatic hydroxyl groups is 5. The Balaban J connectivity index is 2.10. The van der Waals surface area contributed by atoms with E-state index in [9.17, 15) is 35.1 Å². The van der Waals surface area contributed by atoms with Crippen molar-refractivity contribution in [2.45, 2.75) is 269 Å². The monoisotopic (exact) mass is 908 g/mol. The molecule has 0 saturated carbocycles. The third-order valence-corrected chi connectivity index (χ3v) is 12.3.